The van der Waals surface area contributed by atoms with Crippen molar-refractivity contribution < 1.29 is 9.90 Å². The number of amides is 1. The Labute approximate surface area is 92.3 Å². The minimum atomic E-state index is 0.0896. The quantitative estimate of drug-likeness (QED) is 0.748. The summed E-state index contributed by atoms with van der Waals surface area (Å²) in [6.45, 7) is 4.63. The van der Waals surface area contributed by atoms with E-state index >= 15 is 0 Å². The predicted molar refractivity (Wildman–Crippen MR) is 60.5 cm³/mol. The number of aliphatic hydroxyl groups is 1. The van der Waals surface area contributed by atoms with Gasteiger partial charge in [-0.2, -0.15) is 0 Å². The van der Waals surface area contributed by atoms with Crippen molar-refractivity contribution in [3.63, 3.8) is 0 Å². The van der Waals surface area contributed by atoms with E-state index in [9.17, 15) is 4.79 Å². The van der Waals surface area contributed by atoms with Gasteiger partial charge < -0.3 is 10.4 Å². The smallest absolute Gasteiger partial charge is 0.220 e. The summed E-state index contributed by atoms with van der Waals surface area (Å²) >= 11 is 0. The molecule has 0 aromatic carbocycles. The topological polar surface area (TPSA) is 49.3 Å². The second-order valence-electron chi connectivity index (χ2n) is 5.35. The summed E-state index contributed by atoms with van der Waals surface area (Å²) < 4.78 is 0. The number of hydrogen-bond acceptors (Lipinski definition) is 2. The molecule has 3 nitrogen and oxygen atoms in total. The van der Waals surface area contributed by atoms with Crippen LogP contribution in [0.5, 0.6) is 0 Å². The normalized spacial score (nSPS) is 24.9. The molecule has 2 N–H and O–H groups in total. The van der Waals surface area contributed by atoms with Crippen molar-refractivity contribution in [2.75, 3.05) is 6.61 Å². The average molecular weight is 213 g/mol. The van der Waals surface area contributed by atoms with Crippen LogP contribution < -0.4 is 5.32 Å². The molecule has 0 bridgehead atoms. The Morgan fingerprint density at radius 3 is 2.87 bits per heavy atom. The van der Waals surface area contributed by atoms with E-state index in [1.165, 1.54) is 12.8 Å². The summed E-state index contributed by atoms with van der Waals surface area (Å²) in [5.74, 6) is 0.0896. The van der Waals surface area contributed by atoms with Crippen LogP contribution >= 0.6 is 0 Å². The molecule has 1 atom stereocenters. The van der Waals surface area contributed by atoms with Crippen molar-refractivity contribution in [3.8, 4) is 0 Å². The molecular weight excluding hydrogens is 190 g/mol. The molecule has 1 rings (SSSR count). The van der Waals surface area contributed by atoms with Gasteiger partial charge in [0.2, 0.25) is 5.91 Å². The van der Waals surface area contributed by atoms with Crippen LogP contribution in [-0.2, 0) is 4.79 Å². The van der Waals surface area contributed by atoms with Crippen LogP contribution in [0.1, 0.15) is 52.4 Å². The molecule has 0 radical (unpaired) electrons. The van der Waals surface area contributed by atoms with E-state index in [-0.39, 0.29) is 12.5 Å². The standard InChI is InChI=1S/C12H23NO2/c1-12(2)7-3-5-10(9-12)13-11(15)6-4-8-14/h10,14H,3-9H2,1-2H3,(H,13,15). The summed E-state index contributed by atoms with van der Waals surface area (Å²) in [4.78, 5) is 11.5. The molecule has 0 aliphatic heterocycles. The van der Waals surface area contributed by atoms with Crippen LogP contribution in [0.25, 0.3) is 0 Å². The van der Waals surface area contributed by atoms with Crippen LogP contribution in [-0.4, -0.2) is 23.7 Å². The molecule has 0 spiro atoms. The fourth-order valence-electron chi connectivity index (χ4n) is 2.36. The van der Waals surface area contributed by atoms with E-state index in [0.717, 1.165) is 12.8 Å². The minimum absolute atomic E-state index is 0.0896. The summed E-state index contributed by atoms with van der Waals surface area (Å²) in [5.41, 5.74) is 0.368. The van der Waals surface area contributed by atoms with Crippen molar-refractivity contribution in [2.45, 2.75) is 58.4 Å². The fourth-order valence-corrected chi connectivity index (χ4v) is 2.36. The van der Waals surface area contributed by atoms with Crippen molar-refractivity contribution in [2.24, 2.45) is 5.41 Å². The third kappa shape index (κ3) is 4.65. The van der Waals surface area contributed by atoms with Crippen LogP contribution in [0.2, 0.25) is 0 Å². The molecule has 1 unspecified atom stereocenters. The Balaban J connectivity index is 2.28. The maximum absolute atomic E-state index is 11.5. The Morgan fingerprint density at radius 1 is 1.53 bits per heavy atom. The average Bonchev–Trinajstić information content (AvgIpc) is 2.13. The van der Waals surface area contributed by atoms with Crippen molar-refractivity contribution in [1.29, 1.82) is 0 Å². The highest BCUT2D eigenvalue weighted by Gasteiger charge is 2.28. The Morgan fingerprint density at radius 2 is 2.27 bits per heavy atom. The SMILES string of the molecule is CC1(C)CCCC(NC(=O)CCCO)C1. The fraction of sp³-hybridized carbons (Fsp3) is 0.917. The highest BCUT2D eigenvalue weighted by atomic mass is 16.3. The lowest BCUT2D eigenvalue weighted by Crippen LogP contribution is -2.40. The molecule has 1 aliphatic carbocycles. The van der Waals surface area contributed by atoms with E-state index in [1.54, 1.807) is 0 Å². The van der Waals surface area contributed by atoms with Gasteiger partial charge in [0, 0.05) is 19.1 Å². The van der Waals surface area contributed by atoms with E-state index in [1.807, 2.05) is 0 Å². The van der Waals surface area contributed by atoms with E-state index < -0.39 is 0 Å². The second-order valence-corrected chi connectivity index (χ2v) is 5.35. The Bertz CT molecular complexity index is 214. The molecule has 1 saturated carbocycles. The first kappa shape index (κ1) is 12.5. The summed E-state index contributed by atoms with van der Waals surface area (Å²) in [7, 11) is 0. The highest BCUT2D eigenvalue weighted by Crippen LogP contribution is 2.35. The van der Waals surface area contributed by atoms with E-state index in [0.29, 0.717) is 24.3 Å². The highest BCUT2D eigenvalue weighted by molar-refractivity contribution is 5.76. The maximum Gasteiger partial charge on any atom is 0.220 e. The molecule has 0 aromatic heterocycles. The third-order valence-corrected chi connectivity index (χ3v) is 3.13. The number of aliphatic hydroxyl groups excluding tert-OH is 1. The first-order chi connectivity index (χ1) is 7.03. The predicted octanol–water partition coefficient (Wildman–Crippen LogP) is 1.84. The number of nitrogens with one attached hydrogen (secondary N) is 1. The van der Waals surface area contributed by atoms with Gasteiger partial charge in [-0.15, -0.1) is 0 Å². The van der Waals surface area contributed by atoms with Crippen molar-refractivity contribution in [3.05, 3.63) is 0 Å². The van der Waals surface area contributed by atoms with Gasteiger partial charge in [-0.05, 0) is 31.1 Å². The molecule has 15 heavy (non-hydrogen) atoms. The lowest BCUT2D eigenvalue weighted by Gasteiger charge is -2.35. The number of carbonyl (C=O) groups is 1. The monoisotopic (exact) mass is 213 g/mol. The molecule has 3 heteroatoms. The lowest BCUT2D eigenvalue weighted by molar-refractivity contribution is -0.122. The summed E-state index contributed by atoms with van der Waals surface area (Å²) in [6, 6.07) is 0.347. The molecular formula is C12H23NO2. The number of rotatable bonds is 4. The van der Waals surface area contributed by atoms with Crippen LogP contribution in [0.3, 0.4) is 0 Å². The van der Waals surface area contributed by atoms with Gasteiger partial charge in [-0.1, -0.05) is 20.3 Å². The van der Waals surface area contributed by atoms with E-state index in [2.05, 4.69) is 19.2 Å². The van der Waals surface area contributed by atoms with Gasteiger partial charge in [0.05, 0.1) is 0 Å². The Kier molecular flexibility index (Phi) is 4.58. The van der Waals surface area contributed by atoms with Gasteiger partial charge in [-0.3, -0.25) is 4.79 Å². The molecule has 0 saturated heterocycles. The molecule has 1 aliphatic rings. The minimum Gasteiger partial charge on any atom is -0.396 e. The van der Waals surface area contributed by atoms with Gasteiger partial charge in [0.1, 0.15) is 0 Å². The largest absolute Gasteiger partial charge is 0.396 e. The van der Waals surface area contributed by atoms with E-state index in [4.69, 9.17) is 5.11 Å². The van der Waals surface area contributed by atoms with Crippen LogP contribution in [0.4, 0.5) is 0 Å². The molecule has 1 fully saturated rings. The molecule has 0 aromatic rings. The van der Waals surface area contributed by atoms with Crippen molar-refractivity contribution in [1.82, 2.24) is 5.32 Å². The van der Waals surface area contributed by atoms with Crippen molar-refractivity contribution >= 4 is 5.91 Å². The molecule has 88 valence electrons. The van der Waals surface area contributed by atoms with Gasteiger partial charge in [0.15, 0.2) is 0 Å². The second kappa shape index (κ2) is 5.50. The molecule has 0 heterocycles. The summed E-state index contributed by atoms with van der Waals surface area (Å²) in [6.07, 6.45) is 5.68. The zero-order valence-electron chi connectivity index (χ0n) is 9.88. The third-order valence-electron chi connectivity index (χ3n) is 3.13. The van der Waals surface area contributed by atoms with Crippen LogP contribution in [0.15, 0.2) is 0 Å². The first-order valence-electron chi connectivity index (χ1n) is 5.94. The maximum atomic E-state index is 11.5. The first-order valence-corrected chi connectivity index (χ1v) is 5.94. The number of carbonyl (C=O) groups excluding carboxylic acids is 1. The number of hydrogen-bond donors (Lipinski definition) is 2. The Hall–Kier alpha value is -0.570. The lowest BCUT2D eigenvalue weighted by atomic mass is 9.75. The summed E-state index contributed by atoms with van der Waals surface area (Å²) in [5, 5.41) is 11.7. The van der Waals surface area contributed by atoms with Gasteiger partial charge >= 0.3 is 0 Å². The zero-order chi connectivity index (χ0) is 11.3. The van der Waals surface area contributed by atoms with Crippen LogP contribution in [0, 0.1) is 5.41 Å². The molecule has 1 amide bonds. The van der Waals surface area contributed by atoms with Gasteiger partial charge in [-0.25, -0.2) is 0 Å². The zero-order valence-corrected chi connectivity index (χ0v) is 9.88. The van der Waals surface area contributed by atoms with Gasteiger partial charge in [0.25, 0.3) is 0 Å².